The second-order valence-electron chi connectivity index (χ2n) is 6.32. The van der Waals surface area contributed by atoms with Crippen molar-refractivity contribution in [1.82, 2.24) is 4.98 Å². The van der Waals surface area contributed by atoms with Gasteiger partial charge in [-0.1, -0.05) is 11.6 Å². The molecule has 0 radical (unpaired) electrons. The largest absolute Gasteiger partial charge is 0.493 e. The first-order valence-electron chi connectivity index (χ1n) is 8.33. The Kier molecular flexibility index (Phi) is 5.10. The first kappa shape index (κ1) is 18.8. The fourth-order valence-corrected chi connectivity index (χ4v) is 2.98. The van der Waals surface area contributed by atoms with Crippen LogP contribution in [-0.4, -0.2) is 29.3 Å². The average molecular weight is 388 g/mol. The maximum Gasteiger partial charge on any atom is 0.344 e. The molecule has 140 valence electrons. The monoisotopic (exact) mass is 387 g/mol. The first-order chi connectivity index (χ1) is 12.8. The Morgan fingerprint density at radius 3 is 2.67 bits per heavy atom. The average Bonchev–Trinajstić information content (AvgIpc) is 3.46. The Labute approximate surface area is 161 Å². The highest BCUT2D eigenvalue weighted by Crippen LogP contribution is 2.46. The topological polar surface area (TPSA) is 118 Å². The predicted molar refractivity (Wildman–Crippen MR) is 100 cm³/mol. The number of pyridine rings is 1. The molecule has 1 fully saturated rings. The van der Waals surface area contributed by atoms with E-state index in [2.05, 4.69) is 11.1 Å². The van der Waals surface area contributed by atoms with Crippen LogP contribution in [0.3, 0.4) is 0 Å². The van der Waals surface area contributed by atoms with Crippen molar-refractivity contribution >= 4 is 23.4 Å². The molecule has 2 aromatic rings. The van der Waals surface area contributed by atoms with Gasteiger partial charge in [-0.05, 0) is 31.9 Å². The summed E-state index contributed by atoms with van der Waals surface area (Å²) in [5.74, 6) is -0.264. The van der Waals surface area contributed by atoms with Gasteiger partial charge in [-0.25, -0.2) is 9.78 Å². The van der Waals surface area contributed by atoms with Gasteiger partial charge in [-0.3, -0.25) is 0 Å². The van der Waals surface area contributed by atoms with Crippen molar-refractivity contribution in [1.29, 1.82) is 5.26 Å². The van der Waals surface area contributed by atoms with Crippen LogP contribution in [0.2, 0.25) is 5.02 Å². The van der Waals surface area contributed by atoms with Crippen molar-refractivity contribution in [3.8, 4) is 28.7 Å². The SMILES string of the molecule is COc1cc(Cl)cc(-c2cc(C3CC3)nc(N)c2C#N)c1OC(C)C(=O)O. The van der Waals surface area contributed by atoms with Crippen molar-refractivity contribution in [2.45, 2.75) is 31.8 Å². The number of carbonyl (C=O) groups is 1. The van der Waals surface area contributed by atoms with Crippen molar-refractivity contribution in [2.75, 3.05) is 12.8 Å². The Bertz CT molecular complexity index is 951. The molecule has 0 amide bonds. The normalized spacial score (nSPS) is 14.3. The Morgan fingerprint density at radius 1 is 1.41 bits per heavy atom. The van der Waals surface area contributed by atoms with Crippen LogP contribution in [0.4, 0.5) is 5.82 Å². The number of nitrogen functional groups attached to an aromatic ring is 1. The van der Waals surface area contributed by atoms with Gasteiger partial charge in [-0.15, -0.1) is 0 Å². The predicted octanol–water partition coefficient (Wildman–Crippen LogP) is 3.59. The molecule has 0 saturated heterocycles. The molecule has 1 atom stereocenters. The number of carboxylic acids is 1. The molecule has 0 spiro atoms. The highest BCUT2D eigenvalue weighted by molar-refractivity contribution is 6.31. The number of aromatic nitrogens is 1. The molecule has 0 bridgehead atoms. The summed E-state index contributed by atoms with van der Waals surface area (Å²) < 4.78 is 11.0. The summed E-state index contributed by atoms with van der Waals surface area (Å²) in [6, 6.07) is 6.97. The fourth-order valence-electron chi connectivity index (χ4n) is 2.77. The number of nitrogens with two attached hydrogens (primary N) is 1. The van der Waals surface area contributed by atoms with Crippen LogP contribution < -0.4 is 15.2 Å². The summed E-state index contributed by atoms with van der Waals surface area (Å²) in [5.41, 5.74) is 7.89. The van der Waals surface area contributed by atoms with E-state index in [4.69, 9.17) is 26.8 Å². The number of methoxy groups -OCH3 is 1. The minimum atomic E-state index is -1.13. The van der Waals surface area contributed by atoms with Crippen LogP contribution in [0.15, 0.2) is 18.2 Å². The van der Waals surface area contributed by atoms with Crippen molar-refractivity contribution in [3.05, 3.63) is 34.5 Å². The molecule has 3 rings (SSSR count). The zero-order chi connectivity index (χ0) is 19.7. The van der Waals surface area contributed by atoms with E-state index in [9.17, 15) is 15.2 Å². The number of aliphatic carboxylic acids is 1. The molecule has 0 aliphatic heterocycles. The molecule has 8 heteroatoms. The van der Waals surface area contributed by atoms with E-state index in [-0.39, 0.29) is 22.9 Å². The van der Waals surface area contributed by atoms with E-state index < -0.39 is 12.1 Å². The van der Waals surface area contributed by atoms with E-state index in [0.717, 1.165) is 18.5 Å². The first-order valence-corrected chi connectivity index (χ1v) is 8.71. The van der Waals surface area contributed by atoms with Gasteiger partial charge in [0.25, 0.3) is 0 Å². The summed E-state index contributed by atoms with van der Waals surface area (Å²) in [4.78, 5) is 15.6. The lowest BCUT2D eigenvalue weighted by Gasteiger charge is -2.19. The van der Waals surface area contributed by atoms with Crippen LogP contribution in [0.5, 0.6) is 11.5 Å². The summed E-state index contributed by atoms with van der Waals surface area (Å²) in [5, 5.41) is 19.2. The maximum atomic E-state index is 11.3. The van der Waals surface area contributed by atoms with E-state index in [1.807, 2.05) is 0 Å². The lowest BCUT2D eigenvalue weighted by Crippen LogP contribution is -2.23. The molecule has 1 aromatic carbocycles. The van der Waals surface area contributed by atoms with E-state index in [0.29, 0.717) is 22.1 Å². The number of rotatable bonds is 6. The van der Waals surface area contributed by atoms with Gasteiger partial charge < -0.3 is 20.3 Å². The molecular weight excluding hydrogens is 370 g/mol. The highest BCUT2D eigenvalue weighted by Gasteiger charge is 2.29. The quantitative estimate of drug-likeness (QED) is 0.777. The minimum Gasteiger partial charge on any atom is -0.493 e. The van der Waals surface area contributed by atoms with Gasteiger partial charge in [0, 0.05) is 33.8 Å². The maximum absolute atomic E-state index is 11.3. The third-order valence-corrected chi connectivity index (χ3v) is 4.57. The number of halogens is 1. The van der Waals surface area contributed by atoms with Crippen molar-refractivity contribution < 1.29 is 19.4 Å². The Morgan fingerprint density at radius 2 is 2.11 bits per heavy atom. The molecule has 27 heavy (non-hydrogen) atoms. The number of ether oxygens (including phenoxy) is 2. The van der Waals surface area contributed by atoms with E-state index in [1.54, 1.807) is 12.1 Å². The second-order valence-corrected chi connectivity index (χ2v) is 6.76. The van der Waals surface area contributed by atoms with Crippen molar-refractivity contribution in [2.24, 2.45) is 0 Å². The number of hydrogen-bond donors (Lipinski definition) is 2. The number of carboxylic acid groups (broad SMARTS) is 1. The van der Waals surface area contributed by atoms with E-state index in [1.165, 1.54) is 20.1 Å². The second kappa shape index (κ2) is 7.33. The molecule has 1 aromatic heterocycles. The molecule has 1 aliphatic rings. The van der Waals surface area contributed by atoms with Crippen LogP contribution in [0, 0.1) is 11.3 Å². The molecule has 3 N–H and O–H groups in total. The van der Waals surface area contributed by atoms with Gasteiger partial charge in [0.15, 0.2) is 17.6 Å². The van der Waals surface area contributed by atoms with Crippen LogP contribution in [0.1, 0.15) is 36.9 Å². The minimum absolute atomic E-state index is 0.119. The summed E-state index contributed by atoms with van der Waals surface area (Å²) >= 11 is 6.22. The van der Waals surface area contributed by atoms with Crippen LogP contribution in [0.25, 0.3) is 11.1 Å². The number of nitriles is 1. The zero-order valence-corrected chi connectivity index (χ0v) is 15.6. The number of nitrogens with zero attached hydrogens (tertiary/aromatic N) is 2. The Balaban J connectivity index is 2.25. The smallest absolute Gasteiger partial charge is 0.344 e. The number of hydrogen-bond acceptors (Lipinski definition) is 6. The van der Waals surface area contributed by atoms with Gasteiger partial charge in [0.1, 0.15) is 17.5 Å². The molecule has 1 aliphatic carbocycles. The highest BCUT2D eigenvalue weighted by atomic mass is 35.5. The fraction of sp³-hybridized carbons (Fsp3) is 0.316. The standard InChI is InChI=1S/C19H18ClN3O4/c1-9(19(24)25)27-17-13(5-11(20)6-16(17)26-2)12-7-15(10-3-4-10)23-18(22)14(12)8-21/h5-7,9-10H,3-4H2,1-2H3,(H2,22,23)(H,24,25). The summed E-state index contributed by atoms with van der Waals surface area (Å²) in [6.07, 6.45) is 0.887. The van der Waals surface area contributed by atoms with Crippen LogP contribution >= 0.6 is 11.6 Å². The Hall–Kier alpha value is -2.98. The lowest BCUT2D eigenvalue weighted by atomic mass is 9.98. The molecular formula is C19H18ClN3O4. The molecule has 1 unspecified atom stereocenters. The van der Waals surface area contributed by atoms with Crippen molar-refractivity contribution in [3.63, 3.8) is 0 Å². The third kappa shape index (κ3) is 3.76. The van der Waals surface area contributed by atoms with Gasteiger partial charge >= 0.3 is 5.97 Å². The zero-order valence-electron chi connectivity index (χ0n) is 14.8. The summed E-state index contributed by atoms with van der Waals surface area (Å²) in [6.45, 7) is 1.40. The van der Waals surface area contributed by atoms with Crippen LogP contribution in [-0.2, 0) is 4.79 Å². The van der Waals surface area contributed by atoms with Gasteiger partial charge in [-0.2, -0.15) is 5.26 Å². The number of benzene rings is 1. The number of anilines is 1. The van der Waals surface area contributed by atoms with E-state index >= 15 is 0 Å². The van der Waals surface area contributed by atoms with Gasteiger partial charge in [0.2, 0.25) is 0 Å². The van der Waals surface area contributed by atoms with Gasteiger partial charge in [0.05, 0.1) is 7.11 Å². The summed E-state index contributed by atoms with van der Waals surface area (Å²) in [7, 11) is 1.43. The molecule has 7 nitrogen and oxygen atoms in total. The molecule has 1 heterocycles. The third-order valence-electron chi connectivity index (χ3n) is 4.35. The lowest BCUT2D eigenvalue weighted by molar-refractivity contribution is -0.144. The molecule has 1 saturated carbocycles.